The highest BCUT2D eigenvalue weighted by Gasteiger charge is 2.25. The highest BCUT2D eigenvalue weighted by Crippen LogP contribution is 2.31. The first kappa shape index (κ1) is 20.3. The van der Waals surface area contributed by atoms with Crippen molar-refractivity contribution in [2.75, 3.05) is 23.3 Å². The van der Waals surface area contributed by atoms with E-state index in [4.69, 9.17) is 4.74 Å². The van der Waals surface area contributed by atoms with Crippen molar-refractivity contribution in [3.05, 3.63) is 64.2 Å². The van der Waals surface area contributed by atoms with Crippen molar-refractivity contribution in [3.8, 4) is 0 Å². The Kier molecular flexibility index (Phi) is 6.43. The van der Waals surface area contributed by atoms with Crippen molar-refractivity contribution >= 4 is 28.9 Å². The van der Waals surface area contributed by atoms with E-state index in [1.807, 2.05) is 11.0 Å². The van der Waals surface area contributed by atoms with E-state index in [1.165, 1.54) is 19.1 Å². The molecule has 0 aromatic heterocycles. The molecule has 1 amide bonds. The van der Waals surface area contributed by atoms with Crippen molar-refractivity contribution in [1.29, 1.82) is 0 Å². The maximum atomic E-state index is 12.4. The Morgan fingerprint density at radius 2 is 1.79 bits per heavy atom. The van der Waals surface area contributed by atoms with E-state index in [2.05, 4.69) is 5.32 Å². The molecule has 1 heterocycles. The van der Waals surface area contributed by atoms with E-state index in [0.717, 1.165) is 32.4 Å². The first-order chi connectivity index (χ1) is 14.0. The number of carbonyl (C=O) groups excluding carboxylic acids is 2. The van der Waals surface area contributed by atoms with Crippen molar-refractivity contribution < 1.29 is 19.2 Å². The molecule has 1 aliphatic rings. The zero-order chi connectivity index (χ0) is 20.8. The Balaban J connectivity index is 1.70. The van der Waals surface area contributed by atoms with Gasteiger partial charge in [-0.25, -0.2) is 4.79 Å². The van der Waals surface area contributed by atoms with Crippen LogP contribution in [-0.4, -0.2) is 36.0 Å². The van der Waals surface area contributed by atoms with Gasteiger partial charge in [0.15, 0.2) is 6.10 Å². The molecule has 2 aromatic carbocycles. The number of benzene rings is 2. The van der Waals surface area contributed by atoms with Gasteiger partial charge < -0.3 is 15.0 Å². The van der Waals surface area contributed by atoms with Crippen LogP contribution in [0, 0.1) is 10.1 Å². The number of hydrogen-bond donors (Lipinski definition) is 1. The lowest BCUT2D eigenvalue weighted by atomic mass is 10.1. The number of nitro benzene ring substituents is 1. The number of amides is 1. The topological polar surface area (TPSA) is 102 Å². The molecule has 1 fully saturated rings. The molecule has 2 aromatic rings. The van der Waals surface area contributed by atoms with E-state index < -0.39 is 22.9 Å². The zero-order valence-electron chi connectivity index (χ0n) is 16.2. The Morgan fingerprint density at radius 3 is 2.45 bits per heavy atom. The fraction of sp³-hybridized carbons (Fsp3) is 0.333. The number of rotatable bonds is 6. The highest BCUT2D eigenvalue weighted by atomic mass is 16.6. The van der Waals surface area contributed by atoms with Crippen molar-refractivity contribution in [1.82, 2.24) is 0 Å². The summed E-state index contributed by atoms with van der Waals surface area (Å²) in [7, 11) is 0. The van der Waals surface area contributed by atoms with Crippen molar-refractivity contribution in [2.45, 2.75) is 32.3 Å². The standard InChI is InChI=1S/C21H23N3O5/c1-15(20(25)22-17-8-4-2-5-9-17)29-21(26)16-10-11-18(19(14-16)24(27)28)23-12-6-3-7-13-23/h2,4-5,8-11,14-15H,3,6-7,12-13H2,1H3,(H,22,25)/t15-/m0/s1. The molecule has 3 rings (SSSR count). The number of nitro groups is 1. The number of ether oxygens (including phenoxy) is 1. The van der Waals surface area contributed by atoms with Crippen LogP contribution < -0.4 is 10.2 Å². The lowest BCUT2D eigenvalue weighted by Crippen LogP contribution is -2.31. The van der Waals surface area contributed by atoms with Crippen LogP contribution in [0.5, 0.6) is 0 Å². The number of hydrogen-bond acceptors (Lipinski definition) is 6. The molecule has 1 atom stereocenters. The van der Waals surface area contributed by atoms with Gasteiger partial charge in [0.25, 0.3) is 11.6 Å². The molecule has 0 saturated carbocycles. The largest absolute Gasteiger partial charge is 0.449 e. The van der Waals surface area contributed by atoms with E-state index in [1.54, 1.807) is 30.3 Å². The Morgan fingerprint density at radius 1 is 1.10 bits per heavy atom. The quantitative estimate of drug-likeness (QED) is 0.452. The third-order valence-electron chi connectivity index (χ3n) is 4.80. The molecule has 152 valence electrons. The smallest absolute Gasteiger partial charge is 0.339 e. The summed E-state index contributed by atoms with van der Waals surface area (Å²) in [4.78, 5) is 37.7. The third kappa shape index (κ3) is 5.10. The molecule has 1 N–H and O–H groups in total. The van der Waals surface area contributed by atoms with Crippen LogP contribution in [0.3, 0.4) is 0 Å². The van der Waals surface area contributed by atoms with E-state index >= 15 is 0 Å². The van der Waals surface area contributed by atoms with Crippen molar-refractivity contribution in [2.24, 2.45) is 0 Å². The fourth-order valence-electron chi connectivity index (χ4n) is 3.25. The van der Waals surface area contributed by atoms with E-state index in [-0.39, 0.29) is 11.3 Å². The van der Waals surface area contributed by atoms with E-state index in [0.29, 0.717) is 11.4 Å². The van der Waals surface area contributed by atoms with Gasteiger partial charge in [-0.2, -0.15) is 0 Å². The van der Waals surface area contributed by atoms with Gasteiger partial charge in [0.05, 0.1) is 10.5 Å². The number of carbonyl (C=O) groups is 2. The van der Waals surface area contributed by atoms with Crippen LogP contribution in [0.2, 0.25) is 0 Å². The second-order valence-corrected chi connectivity index (χ2v) is 6.91. The highest BCUT2D eigenvalue weighted by molar-refractivity contribution is 5.97. The number of esters is 1. The Hall–Kier alpha value is -3.42. The summed E-state index contributed by atoms with van der Waals surface area (Å²) in [5.41, 5.74) is 0.989. The average molecular weight is 397 g/mol. The van der Waals surface area contributed by atoms with Crippen LogP contribution in [-0.2, 0) is 9.53 Å². The molecule has 1 aliphatic heterocycles. The average Bonchev–Trinajstić information content (AvgIpc) is 2.74. The summed E-state index contributed by atoms with van der Waals surface area (Å²) in [6.07, 6.45) is 2.02. The van der Waals surface area contributed by atoms with Gasteiger partial charge in [0.1, 0.15) is 5.69 Å². The van der Waals surface area contributed by atoms with Crippen LogP contribution >= 0.6 is 0 Å². The lowest BCUT2D eigenvalue weighted by molar-refractivity contribution is -0.384. The van der Waals surface area contributed by atoms with E-state index in [9.17, 15) is 19.7 Å². The number of para-hydroxylation sites is 1. The summed E-state index contributed by atoms with van der Waals surface area (Å²) in [5.74, 6) is -1.27. The lowest BCUT2D eigenvalue weighted by Gasteiger charge is -2.28. The summed E-state index contributed by atoms with van der Waals surface area (Å²) in [6.45, 7) is 2.95. The van der Waals surface area contributed by atoms with Gasteiger partial charge in [0.2, 0.25) is 0 Å². The van der Waals surface area contributed by atoms with Crippen LogP contribution in [0.15, 0.2) is 48.5 Å². The van der Waals surface area contributed by atoms with Gasteiger partial charge in [-0.15, -0.1) is 0 Å². The summed E-state index contributed by atoms with van der Waals surface area (Å²) >= 11 is 0. The maximum Gasteiger partial charge on any atom is 0.339 e. The minimum atomic E-state index is -1.05. The van der Waals surface area contributed by atoms with Gasteiger partial charge in [0, 0.05) is 24.8 Å². The molecule has 0 bridgehead atoms. The molecule has 0 aliphatic carbocycles. The fourth-order valence-corrected chi connectivity index (χ4v) is 3.25. The van der Waals surface area contributed by atoms with Gasteiger partial charge >= 0.3 is 5.97 Å². The van der Waals surface area contributed by atoms with Gasteiger partial charge in [-0.3, -0.25) is 14.9 Å². The maximum absolute atomic E-state index is 12.4. The number of piperidine rings is 1. The van der Waals surface area contributed by atoms with Gasteiger partial charge in [-0.05, 0) is 50.5 Å². The van der Waals surface area contributed by atoms with Gasteiger partial charge in [-0.1, -0.05) is 18.2 Å². The third-order valence-corrected chi connectivity index (χ3v) is 4.80. The first-order valence-corrected chi connectivity index (χ1v) is 9.56. The van der Waals surface area contributed by atoms with Crippen molar-refractivity contribution in [3.63, 3.8) is 0 Å². The number of anilines is 2. The predicted octanol–water partition coefficient (Wildman–Crippen LogP) is 3.77. The summed E-state index contributed by atoms with van der Waals surface area (Å²) in [6, 6.07) is 13.1. The molecule has 0 spiro atoms. The SMILES string of the molecule is C[C@H](OC(=O)c1ccc(N2CCCCC2)c([N+](=O)[O-])c1)C(=O)Nc1ccccc1. The van der Waals surface area contributed by atoms with Crippen LogP contribution in [0.25, 0.3) is 0 Å². The Labute approximate surface area is 168 Å². The molecule has 29 heavy (non-hydrogen) atoms. The minimum absolute atomic E-state index is 0.0387. The number of nitrogens with one attached hydrogen (secondary N) is 1. The molecule has 0 radical (unpaired) electrons. The summed E-state index contributed by atoms with van der Waals surface area (Å²) in [5, 5.41) is 14.2. The number of nitrogens with zero attached hydrogens (tertiary/aromatic N) is 2. The molecular formula is C21H23N3O5. The molecule has 0 unspecified atom stereocenters. The Bertz CT molecular complexity index is 894. The molecule has 8 heteroatoms. The molecular weight excluding hydrogens is 374 g/mol. The summed E-state index contributed by atoms with van der Waals surface area (Å²) < 4.78 is 5.20. The predicted molar refractivity (Wildman–Crippen MR) is 109 cm³/mol. The normalized spacial score (nSPS) is 14.7. The molecule has 1 saturated heterocycles. The van der Waals surface area contributed by atoms with Crippen LogP contribution in [0.4, 0.5) is 17.1 Å². The minimum Gasteiger partial charge on any atom is -0.449 e. The zero-order valence-corrected chi connectivity index (χ0v) is 16.2. The monoisotopic (exact) mass is 397 g/mol. The first-order valence-electron chi connectivity index (χ1n) is 9.56. The second kappa shape index (κ2) is 9.18. The second-order valence-electron chi connectivity index (χ2n) is 6.91. The molecule has 8 nitrogen and oxygen atoms in total. The van der Waals surface area contributed by atoms with Crippen LogP contribution in [0.1, 0.15) is 36.5 Å².